The molecule has 0 aliphatic rings. The first-order valence-electron chi connectivity index (χ1n) is 5.03. The van der Waals surface area contributed by atoms with Crippen LogP contribution in [-0.2, 0) is 7.05 Å². The van der Waals surface area contributed by atoms with Gasteiger partial charge in [-0.2, -0.15) is 5.10 Å². The first-order chi connectivity index (χ1) is 8.06. The van der Waals surface area contributed by atoms with Crippen molar-refractivity contribution in [2.45, 2.75) is 6.92 Å². The van der Waals surface area contributed by atoms with Crippen LogP contribution in [0.25, 0.3) is 0 Å². The summed E-state index contributed by atoms with van der Waals surface area (Å²) in [7, 11) is 1.74. The van der Waals surface area contributed by atoms with Crippen molar-refractivity contribution in [2.24, 2.45) is 7.05 Å². The van der Waals surface area contributed by atoms with E-state index in [0.717, 1.165) is 6.07 Å². The van der Waals surface area contributed by atoms with Gasteiger partial charge in [-0.1, -0.05) is 0 Å². The fourth-order valence-corrected chi connectivity index (χ4v) is 1.38. The highest BCUT2D eigenvalue weighted by molar-refractivity contribution is 5.94. The van der Waals surface area contributed by atoms with Crippen molar-refractivity contribution in [3.05, 3.63) is 42.0 Å². The molecule has 5 heteroatoms. The first-order valence-corrected chi connectivity index (χ1v) is 5.03. The summed E-state index contributed by atoms with van der Waals surface area (Å²) in [5, 5.41) is 3.90. The molecule has 0 amide bonds. The summed E-state index contributed by atoms with van der Waals surface area (Å²) in [4.78, 5) is 11.0. The van der Waals surface area contributed by atoms with Gasteiger partial charge in [-0.3, -0.25) is 9.48 Å². The Balaban J connectivity index is 2.25. The largest absolute Gasteiger partial charge is 0.451 e. The van der Waals surface area contributed by atoms with Gasteiger partial charge >= 0.3 is 0 Å². The zero-order valence-corrected chi connectivity index (χ0v) is 9.48. The Morgan fingerprint density at radius 3 is 2.76 bits per heavy atom. The van der Waals surface area contributed by atoms with Crippen LogP contribution in [0.3, 0.4) is 0 Å². The molecular weight excluding hydrogens is 223 g/mol. The van der Waals surface area contributed by atoms with Crippen molar-refractivity contribution in [2.75, 3.05) is 0 Å². The van der Waals surface area contributed by atoms with E-state index in [1.165, 1.54) is 25.3 Å². The predicted octanol–water partition coefficient (Wildman–Crippen LogP) is 2.55. The lowest BCUT2D eigenvalue weighted by Gasteiger charge is -2.04. The van der Waals surface area contributed by atoms with E-state index in [-0.39, 0.29) is 11.5 Å². The summed E-state index contributed by atoms with van der Waals surface area (Å²) in [5.41, 5.74) is 0.320. The summed E-state index contributed by atoms with van der Waals surface area (Å²) in [6, 6.07) is 4.12. The number of aryl methyl sites for hydroxylation is 1. The lowest BCUT2D eigenvalue weighted by Crippen LogP contribution is -1.95. The number of aromatic nitrogens is 2. The third-order valence-electron chi connectivity index (χ3n) is 2.25. The van der Waals surface area contributed by atoms with Gasteiger partial charge in [0, 0.05) is 12.6 Å². The van der Waals surface area contributed by atoms with Gasteiger partial charge in [0.1, 0.15) is 0 Å². The second-order valence-corrected chi connectivity index (χ2v) is 3.65. The topological polar surface area (TPSA) is 44.1 Å². The van der Waals surface area contributed by atoms with Crippen molar-refractivity contribution < 1.29 is 13.9 Å². The predicted molar refractivity (Wildman–Crippen MR) is 59.7 cm³/mol. The third-order valence-corrected chi connectivity index (χ3v) is 2.25. The molecule has 0 fully saturated rings. The number of hydrogen-bond donors (Lipinski definition) is 0. The molecule has 17 heavy (non-hydrogen) atoms. The number of Topliss-reactive ketones (excluding diaryl/α,β-unsaturated/α-hetero) is 1. The molecular formula is C12H11FN2O2. The van der Waals surface area contributed by atoms with Gasteiger partial charge in [0.25, 0.3) is 0 Å². The minimum absolute atomic E-state index is 0.0722. The highest BCUT2D eigenvalue weighted by Crippen LogP contribution is 2.24. The standard InChI is InChI=1S/C12H11FN2O2/c1-8(16)9-3-4-12(11(13)5-9)17-10-6-14-15(2)7-10/h3-7H,1-2H3. The number of ketones is 1. The van der Waals surface area contributed by atoms with Gasteiger partial charge in [0.15, 0.2) is 23.1 Å². The number of ether oxygens (including phenoxy) is 1. The van der Waals surface area contributed by atoms with Crippen LogP contribution in [0.1, 0.15) is 17.3 Å². The zero-order valence-electron chi connectivity index (χ0n) is 9.48. The number of halogens is 1. The molecule has 88 valence electrons. The van der Waals surface area contributed by atoms with E-state index in [2.05, 4.69) is 5.10 Å². The molecule has 0 atom stereocenters. The van der Waals surface area contributed by atoms with Crippen LogP contribution < -0.4 is 4.74 Å². The summed E-state index contributed by atoms with van der Waals surface area (Å²) in [6.07, 6.45) is 3.11. The molecule has 0 aliphatic carbocycles. The molecule has 2 aromatic rings. The maximum Gasteiger partial charge on any atom is 0.166 e. The van der Waals surface area contributed by atoms with Gasteiger partial charge in [0.05, 0.1) is 12.4 Å². The average molecular weight is 234 g/mol. The lowest BCUT2D eigenvalue weighted by atomic mass is 10.1. The number of nitrogens with zero attached hydrogens (tertiary/aromatic N) is 2. The minimum Gasteiger partial charge on any atom is -0.451 e. The number of benzene rings is 1. The van der Waals surface area contributed by atoms with E-state index in [4.69, 9.17) is 4.74 Å². The highest BCUT2D eigenvalue weighted by atomic mass is 19.1. The molecule has 0 radical (unpaired) electrons. The lowest BCUT2D eigenvalue weighted by molar-refractivity contribution is 0.101. The maximum absolute atomic E-state index is 13.6. The third kappa shape index (κ3) is 2.50. The number of hydrogen-bond acceptors (Lipinski definition) is 3. The zero-order chi connectivity index (χ0) is 12.4. The summed E-state index contributed by atoms with van der Waals surface area (Å²) in [5.74, 6) is -0.233. The Labute approximate surface area is 97.6 Å². The molecule has 1 heterocycles. The van der Waals surface area contributed by atoms with E-state index in [9.17, 15) is 9.18 Å². The van der Waals surface area contributed by atoms with Gasteiger partial charge in [-0.25, -0.2) is 4.39 Å². The Morgan fingerprint density at radius 2 is 2.24 bits per heavy atom. The second kappa shape index (κ2) is 4.37. The van der Waals surface area contributed by atoms with Gasteiger partial charge in [-0.15, -0.1) is 0 Å². The molecule has 0 aliphatic heterocycles. The van der Waals surface area contributed by atoms with Crippen LogP contribution in [0.15, 0.2) is 30.6 Å². The fourth-order valence-electron chi connectivity index (χ4n) is 1.38. The van der Waals surface area contributed by atoms with E-state index < -0.39 is 5.82 Å². The number of carbonyl (C=O) groups is 1. The van der Waals surface area contributed by atoms with Crippen LogP contribution in [0.2, 0.25) is 0 Å². The Kier molecular flexibility index (Phi) is 2.91. The average Bonchev–Trinajstić information content (AvgIpc) is 2.67. The smallest absolute Gasteiger partial charge is 0.166 e. The fraction of sp³-hybridized carbons (Fsp3) is 0.167. The number of rotatable bonds is 3. The number of carbonyl (C=O) groups excluding carboxylic acids is 1. The van der Waals surface area contributed by atoms with Crippen LogP contribution in [0.4, 0.5) is 4.39 Å². The van der Waals surface area contributed by atoms with Crippen LogP contribution >= 0.6 is 0 Å². The van der Waals surface area contributed by atoms with Crippen molar-refractivity contribution in [1.29, 1.82) is 0 Å². The van der Waals surface area contributed by atoms with Crippen molar-refractivity contribution in [3.8, 4) is 11.5 Å². The van der Waals surface area contributed by atoms with Crippen molar-refractivity contribution in [3.63, 3.8) is 0 Å². The monoisotopic (exact) mass is 234 g/mol. The van der Waals surface area contributed by atoms with E-state index in [0.29, 0.717) is 11.3 Å². The molecule has 0 bridgehead atoms. The maximum atomic E-state index is 13.6. The first kappa shape index (κ1) is 11.3. The van der Waals surface area contributed by atoms with E-state index >= 15 is 0 Å². The molecule has 0 N–H and O–H groups in total. The molecule has 1 aromatic carbocycles. The Morgan fingerprint density at radius 1 is 1.47 bits per heavy atom. The van der Waals surface area contributed by atoms with Crippen LogP contribution in [-0.4, -0.2) is 15.6 Å². The molecule has 0 unspecified atom stereocenters. The summed E-state index contributed by atoms with van der Waals surface area (Å²) in [6.45, 7) is 1.39. The Bertz CT molecular complexity index is 563. The van der Waals surface area contributed by atoms with Crippen molar-refractivity contribution in [1.82, 2.24) is 9.78 Å². The molecule has 2 rings (SSSR count). The molecule has 1 aromatic heterocycles. The van der Waals surface area contributed by atoms with E-state index in [1.807, 2.05) is 0 Å². The highest BCUT2D eigenvalue weighted by Gasteiger charge is 2.09. The van der Waals surface area contributed by atoms with Gasteiger partial charge < -0.3 is 4.74 Å². The van der Waals surface area contributed by atoms with Gasteiger partial charge in [-0.05, 0) is 25.1 Å². The molecule has 0 spiro atoms. The normalized spacial score (nSPS) is 10.3. The van der Waals surface area contributed by atoms with E-state index in [1.54, 1.807) is 17.9 Å². The SMILES string of the molecule is CC(=O)c1ccc(Oc2cnn(C)c2)c(F)c1. The molecule has 0 saturated heterocycles. The summed E-state index contributed by atoms with van der Waals surface area (Å²) >= 11 is 0. The molecule has 0 saturated carbocycles. The minimum atomic E-state index is -0.568. The Hall–Kier alpha value is -2.17. The van der Waals surface area contributed by atoms with Crippen LogP contribution in [0.5, 0.6) is 11.5 Å². The van der Waals surface area contributed by atoms with Crippen LogP contribution in [0, 0.1) is 5.82 Å². The quantitative estimate of drug-likeness (QED) is 0.766. The van der Waals surface area contributed by atoms with Crippen molar-refractivity contribution >= 4 is 5.78 Å². The summed E-state index contributed by atoms with van der Waals surface area (Å²) < 4.78 is 20.4. The molecule has 4 nitrogen and oxygen atoms in total. The second-order valence-electron chi connectivity index (χ2n) is 3.65. The van der Waals surface area contributed by atoms with Gasteiger partial charge in [0.2, 0.25) is 0 Å².